The number of hydrogen-bond acceptors (Lipinski definition) is 6. The molecule has 8 heteroatoms. The zero-order chi connectivity index (χ0) is 19.8. The summed E-state index contributed by atoms with van der Waals surface area (Å²) < 4.78 is 7.19. The van der Waals surface area contributed by atoms with Crippen molar-refractivity contribution in [3.63, 3.8) is 0 Å². The number of aliphatic carboxylic acids is 1. The van der Waals surface area contributed by atoms with E-state index in [0.29, 0.717) is 31.4 Å². The Morgan fingerprint density at radius 3 is 2.68 bits per heavy atom. The number of thiazole rings is 1. The molecule has 140 valence electrons. The third-order valence-electron chi connectivity index (χ3n) is 4.29. The van der Waals surface area contributed by atoms with Gasteiger partial charge in [-0.25, -0.2) is 9.79 Å². The SMILES string of the molecule is COc1ccc2c(c1)N=C(C(=O)O)C2=Cc1sc(=S)n(-c2ccccc2)c1O. The van der Waals surface area contributed by atoms with Gasteiger partial charge in [-0.2, -0.15) is 0 Å². The van der Waals surface area contributed by atoms with E-state index in [1.807, 2.05) is 30.3 Å². The van der Waals surface area contributed by atoms with Crippen LogP contribution in [0.3, 0.4) is 0 Å². The van der Waals surface area contributed by atoms with Crippen LogP contribution in [0.4, 0.5) is 5.69 Å². The van der Waals surface area contributed by atoms with Gasteiger partial charge in [0.15, 0.2) is 9.67 Å². The molecule has 6 nitrogen and oxygen atoms in total. The van der Waals surface area contributed by atoms with Gasteiger partial charge in [0, 0.05) is 17.2 Å². The first kappa shape index (κ1) is 18.1. The van der Waals surface area contributed by atoms with Crippen molar-refractivity contribution in [3.8, 4) is 17.3 Å². The molecule has 0 atom stereocenters. The molecule has 1 aliphatic heterocycles. The number of para-hydroxylation sites is 1. The molecule has 2 N–H and O–H groups in total. The molecule has 0 unspecified atom stereocenters. The van der Waals surface area contributed by atoms with E-state index < -0.39 is 5.97 Å². The van der Waals surface area contributed by atoms with Crippen molar-refractivity contribution in [2.24, 2.45) is 4.99 Å². The fourth-order valence-electron chi connectivity index (χ4n) is 2.99. The van der Waals surface area contributed by atoms with Gasteiger partial charge >= 0.3 is 5.97 Å². The van der Waals surface area contributed by atoms with Crippen LogP contribution in [-0.2, 0) is 4.79 Å². The average molecular weight is 410 g/mol. The Hall–Kier alpha value is -3.23. The predicted octanol–water partition coefficient (Wildman–Crippen LogP) is 4.69. The second kappa shape index (κ2) is 7.06. The molecule has 0 saturated heterocycles. The van der Waals surface area contributed by atoms with Crippen LogP contribution in [0.2, 0.25) is 0 Å². The van der Waals surface area contributed by atoms with Crippen molar-refractivity contribution in [1.29, 1.82) is 0 Å². The fourth-order valence-corrected chi connectivity index (χ4v) is 4.28. The van der Waals surface area contributed by atoms with E-state index in [9.17, 15) is 15.0 Å². The van der Waals surface area contributed by atoms with Crippen molar-refractivity contribution in [3.05, 3.63) is 62.9 Å². The van der Waals surface area contributed by atoms with Crippen LogP contribution >= 0.6 is 23.6 Å². The number of methoxy groups -OCH3 is 1. The van der Waals surface area contributed by atoms with Gasteiger partial charge in [0.2, 0.25) is 5.88 Å². The Bertz CT molecular complexity index is 1210. The van der Waals surface area contributed by atoms with Crippen LogP contribution in [0, 0.1) is 3.95 Å². The number of aliphatic imine (C=N–C) groups is 1. The normalized spacial score (nSPS) is 14.0. The highest BCUT2D eigenvalue weighted by molar-refractivity contribution is 7.73. The fraction of sp³-hybridized carbons (Fsp3) is 0.0500. The molecular weight excluding hydrogens is 396 g/mol. The van der Waals surface area contributed by atoms with E-state index in [1.165, 1.54) is 18.4 Å². The molecule has 4 rings (SSSR count). The van der Waals surface area contributed by atoms with Crippen LogP contribution < -0.4 is 4.74 Å². The van der Waals surface area contributed by atoms with Gasteiger partial charge in [-0.15, -0.1) is 11.3 Å². The summed E-state index contributed by atoms with van der Waals surface area (Å²) in [4.78, 5) is 16.4. The van der Waals surface area contributed by atoms with Gasteiger partial charge in [-0.1, -0.05) is 18.2 Å². The minimum atomic E-state index is -1.15. The zero-order valence-electron chi connectivity index (χ0n) is 14.6. The maximum atomic E-state index is 11.7. The van der Waals surface area contributed by atoms with Gasteiger partial charge in [0.25, 0.3) is 0 Å². The van der Waals surface area contributed by atoms with E-state index in [0.717, 1.165) is 5.69 Å². The highest BCUT2D eigenvalue weighted by Gasteiger charge is 2.27. The second-order valence-electron chi connectivity index (χ2n) is 5.93. The molecule has 28 heavy (non-hydrogen) atoms. The summed E-state index contributed by atoms with van der Waals surface area (Å²) >= 11 is 6.60. The number of fused-ring (bicyclic) bond motifs is 1. The number of carboxylic acid groups (broad SMARTS) is 1. The van der Waals surface area contributed by atoms with Crippen LogP contribution in [0.15, 0.2) is 53.5 Å². The third kappa shape index (κ3) is 3.02. The molecule has 0 aliphatic carbocycles. The van der Waals surface area contributed by atoms with Crippen molar-refractivity contribution in [1.82, 2.24) is 4.57 Å². The maximum Gasteiger partial charge on any atom is 0.355 e. The molecule has 3 aromatic rings. The molecule has 0 bridgehead atoms. The van der Waals surface area contributed by atoms with Gasteiger partial charge in [-0.3, -0.25) is 4.57 Å². The summed E-state index contributed by atoms with van der Waals surface area (Å²) in [5, 5.41) is 20.3. The lowest BCUT2D eigenvalue weighted by molar-refractivity contribution is -0.129. The molecule has 1 aromatic heterocycles. The molecule has 0 radical (unpaired) electrons. The molecule has 0 saturated carbocycles. The smallest absolute Gasteiger partial charge is 0.355 e. The van der Waals surface area contributed by atoms with Gasteiger partial charge in [0.1, 0.15) is 5.75 Å². The number of benzene rings is 2. The summed E-state index contributed by atoms with van der Waals surface area (Å²) in [7, 11) is 1.53. The molecule has 0 spiro atoms. The zero-order valence-corrected chi connectivity index (χ0v) is 16.3. The van der Waals surface area contributed by atoms with Gasteiger partial charge in [0.05, 0.1) is 23.4 Å². The molecule has 2 aromatic carbocycles. The Balaban J connectivity index is 1.87. The Morgan fingerprint density at radius 2 is 2.00 bits per heavy atom. The molecule has 0 amide bonds. The highest BCUT2D eigenvalue weighted by atomic mass is 32.1. The monoisotopic (exact) mass is 410 g/mol. The van der Waals surface area contributed by atoms with E-state index in [-0.39, 0.29) is 11.6 Å². The quantitative estimate of drug-likeness (QED) is 0.610. The van der Waals surface area contributed by atoms with E-state index in [4.69, 9.17) is 17.0 Å². The summed E-state index contributed by atoms with van der Waals surface area (Å²) in [5.74, 6) is -0.602. The third-order valence-corrected chi connectivity index (χ3v) is 5.60. The number of nitrogens with zero attached hydrogens (tertiary/aromatic N) is 2. The summed E-state index contributed by atoms with van der Waals surface area (Å²) in [6.45, 7) is 0. The van der Waals surface area contributed by atoms with Gasteiger partial charge in [-0.05, 0) is 42.6 Å². The predicted molar refractivity (Wildman–Crippen MR) is 112 cm³/mol. The number of aromatic hydroxyl groups is 1. The Labute approximate surface area is 169 Å². The lowest BCUT2D eigenvalue weighted by Crippen LogP contribution is -2.11. The first-order valence-corrected chi connectivity index (χ1v) is 9.44. The molecule has 0 fully saturated rings. The van der Waals surface area contributed by atoms with Crippen molar-refractivity contribution < 1.29 is 19.7 Å². The Kier molecular flexibility index (Phi) is 4.58. The van der Waals surface area contributed by atoms with Crippen LogP contribution in [0.5, 0.6) is 11.6 Å². The number of aromatic nitrogens is 1. The largest absolute Gasteiger partial charge is 0.497 e. The topological polar surface area (TPSA) is 84.0 Å². The minimum absolute atomic E-state index is 0.0413. The first-order chi connectivity index (χ1) is 13.5. The Morgan fingerprint density at radius 1 is 1.25 bits per heavy atom. The number of carbonyl (C=O) groups is 1. The van der Waals surface area contributed by atoms with Gasteiger partial charge < -0.3 is 14.9 Å². The molecule has 2 heterocycles. The summed E-state index contributed by atoms with van der Waals surface area (Å²) in [5.41, 5.74) is 2.22. The highest BCUT2D eigenvalue weighted by Crippen LogP contribution is 2.40. The first-order valence-electron chi connectivity index (χ1n) is 8.22. The standard InChI is InChI=1S/C20H14N2O4S2/c1-26-12-7-8-13-14(17(19(24)25)21-15(13)9-12)10-16-18(23)22(20(27)28-16)11-5-3-2-4-6-11/h2-10,23H,1H3,(H,24,25). The van der Waals surface area contributed by atoms with E-state index in [2.05, 4.69) is 4.99 Å². The van der Waals surface area contributed by atoms with Crippen molar-refractivity contribution >= 4 is 52.6 Å². The second-order valence-corrected chi connectivity index (χ2v) is 7.61. The van der Waals surface area contributed by atoms with Crippen LogP contribution in [0.1, 0.15) is 10.4 Å². The number of ether oxygens (including phenoxy) is 1. The lowest BCUT2D eigenvalue weighted by Gasteiger charge is -2.05. The summed E-state index contributed by atoms with van der Waals surface area (Å²) in [6, 6.07) is 14.4. The van der Waals surface area contributed by atoms with Crippen LogP contribution in [-0.4, -0.2) is 33.6 Å². The van der Waals surface area contributed by atoms with E-state index in [1.54, 1.807) is 28.8 Å². The average Bonchev–Trinajstić information content (AvgIpc) is 3.19. The van der Waals surface area contributed by atoms with Crippen LogP contribution in [0.25, 0.3) is 17.3 Å². The lowest BCUT2D eigenvalue weighted by atomic mass is 10.0. The minimum Gasteiger partial charge on any atom is -0.497 e. The van der Waals surface area contributed by atoms with Crippen molar-refractivity contribution in [2.45, 2.75) is 0 Å². The van der Waals surface area contributed by atoms with Crippen molar-refractivity contribution in [2.75, 3.05) is 7.11 Å². The molecule has 1 aliphatic rings. The maximum absolute atomic E-state index is 11.7. The number of rotatable bonds is 4. The summed E-state index contributed by atoms with van der Waals surface area (Å²) in [6.07, 6.45) is 1.61. The number of hydrogen-bond donors (Lipinski definition) is 2. The van der Waals surface area contributed by atoms with E-state index >= 15 is 0 Å². The molecular formula is C20H14N2O4S2. The number of carboxylic acids is 1.